The Labute approximate surface area is 118 Å². The molecule has 3 aliphatic rings. The molecule has 3 heterocycles. The van der Waals surface area contributed by atoms with Crippen LogP contribution in [0.15, 0.2) is 0 Å². The fraction of sp³-hybridized carbons (Fsp3) is 0.917. The van der Waals surface area contributed by atoms with Crippen molar-refractivity contribution in [1.29, 1.82) is 0 Å². The Balaban J connectivity index is 1.74. The molecular weight excluding hydrogens is 284 g/mol. The van der Waals surface area contributed by atoms with E-state index in [9.17, 15) is 13.2 Å². The zero-order valence-corrected chi connectivity index (χ0v) is 12.3. The van der Waals surface area contributed by atoms with Gasteiger partial charge < -0.3 is 4.74 Å². The Kier molecular flexibility index (Phi) is 3.74. The zero-order valence-electron chi connectivity index (χ0n) is 11.5. The minimum Gasteiger partial charge on any atom is -0.380 e. The molecule has 114 valence electrons. The molecule has 3 aliphatic heterocycles. The highest BCUT2D eigenvalue weighted by Gasteiger charge is 2.47. The highest BCUT2D eigenvalue weighted by molar-refractivity contribution is 7.88. The van der Waals surface area contributed by atoms with Crippen LogP contribution in [0.2, 0.25) is 0 Å². The van der Waals surface area contributed by atoms with E-state index in [1.807, 2.05) is 0 Å². The predicted molar refractivity (Wildman–Crippen MR) is 70.0 cm³/mol. The summed E-state index contributed by atoms with van der Waals surface area (Å²) in [6.45, 7) is 2.94. The van der Waals surface area contributed by atoms with E-state index in [-0.39, 0.29) is 23.7 Å². The van der Waals surface area contributed by atoms with Gasteiger partial charge in [0.05, 0.1) is 38.5 Å². The molecule has 0 radical (unpaired) electrons. The molecule has 1 amide bonds. The normalized spacial score (nSPS) is 35.2. The quantitative estimate of drug-likeness (QED) is 0.674. The van der Waals surface area contributed by atoms with E-state index in [4.69, 9.17) is 9.57 Å². The molecule has 0 aromatic rings. The maximum absolute atomic E-state index is 12.5. The Bertz CT molecular complexity index is 488. The number of nitrogens with zero attached hydrogens (tertiary/aromatic N) is 2. The molecule has 0 N–H and O–H groups in total. The molecule has 0 spiro atoms. The van der Waals surface area contributed by atoms with E-state index in [2.05, 4.69) is 0 Å². The van der Waals surface area contributed by atoms with Gasteiger partial charge in [-0.2, -0.15) is 0 Å². The van der Waals surface area contributed by atoms with Crippen molar-refractivity contribution in [1.82, 2.24) is 9.37 Å². The standard InChI is InChI=1S/C12H20N2O5S/c1-20(16,17)13-5-9-7-18-8-11(10(9)6-13)12(15)14-3-2-4-19-14/h9-11H,2-8H2,1H3/t9-,10-,11-/m1/s1. The average molecular weight is 304 g/mol. The largest absolute Gasteiger partial charge is 0.380 e. The van der Waals surface area contributed by atoms with Crippen LogP contribution in [0.3, 0.4) is 0 Å². The lowest BCUT2D eigenvalue weighted by molar-refractivity contribution is -0.181. The first-order valence-corrected chi connectivity index (χ1v) is 8.79. The molecule has 0 unspecified atom stereocenters. The minimum atomic E-state index is -3.21. The van der Waals surface area contributed by atoms with Gasteiger partial charge in [0.15, 0.2) is 0 Å². The number of amides is 1. The highest BCUT2D eigenvalue weighted by Crippen LogP contribution is 2.36. The number of fused-ring (bicyclic) bond motifs is 1. The number of sulfonamides is 1. The zero-order chi connectivity index (χ0) is 14.3. The van der Waals surface area contributed by atoms with Gasteiger partial charge in [-0.3, -0.25) is 9.63 Å². The monoisotopic (exact) mass is 304 g/mol. The average Bonchev–Trinajstić information content (AvgIpc) is 3.05. The molecule has 8 heteroatoms. The van der Waals surface area contributed by atoms with Crippen molar-refractivity contribution < 1.29 is 22.8 Å². The molecule has 0 aromatic carbocycles. The van der Waals surface area contributed by atoms with Crippen LogP contribution in [-0.2, 0) is 24.4 Å². The predicted octanol–water partition coefficient (Wildman–Crippen LogP) is -0.696. The van der Waals surface area contributed by atoms with Crippen LogP contribution in [0.4, 0.5) is 0 Å². The summed E-state index contributed by atoms with van der Waals surface area (Å²) in [7, 11) is -3.21. The van der Waals surface area contributed by atoms with Crippen molar-refractivity contribution in [2.45, 2.75) is 6.42 Å². The van der Waals surface area contributed by atoms with Crippen LogP contribution in [0, 0.1) is 17.8 Å². The van der Waals surface area contributed by atoms with Crippen molar-refractivity contribution in [3.05, 3.63) is 0 Å². The van der Waals surface area contributed by atoms with Crippen LogP contribution in [-0.4, -0.2) is 69.4 Å². The van der Waals surface area contributed by atoms with Gasteiger partial charge in [-0.15, -0.1) is 0 Å². The third-order valence-corrected chi connectivity index (χ3v) is 5.63. The summed E-state index contributed by atoms with van der Waals surface area (Å²) in [6.07, 6.45) is 2.06. The molecule has 0 saturated carbocycles. The van der Waals surface area contributed by atoms with Crippen molar-refractivity contribution in [3.8, 4) is 0 Å². The van der Waals surface area contributed by atoms with Crippen LogP contribution >= 0.6 is 0 Å². The molecule has 0 bridgehead atoms. The van der Waals surface area contributed by atoms with E-state index >= 15 is 0 Å². The lowest BCUT2D eigenvalue weighted by Gasteiger charge is -2.33. The number of carbonyl (C=O) groups is 1. The van der Waals surface area contributed by atoms with Crippen LogP contribution in [0.1, 0.15) is 6.42 Å². The van der Waals surface area contributed by atoms with Crippen LogP contribution in [0.5, 0.6) is 0 Å². The Morgan fingerprint density at radius 3 is 2.70 bits per heavy atom. The van der Waals surface area contributed by atoms with Crippen molar-refractivity contribution in [3.63, 3.8) is 0 Å². The Morgan fingerprint density at radius 2 is 2.05 bits per heavy atom. The Morgan fingerprint density at radius 1 is 1.25 bits per heavy atom. The second-order valence-electron chi connectivity index (χ2n) is 5.77. The first-order valence-electron chi connectivity index (χ1n) is 6.94. The fourth-order valence-electron chi connectivity index (χ4n) is 3.29. The SMILES string of the molecule is CS(=O)(=O)N1C[C@@H]2COC[C@@H](C(=O)N3CCCO3)[C@@H]2C1. The minimum absolute atomic E-state index is 0.0372. The number of hydrogen-bond acceptors (Lipinski definition) is 5. The molecular formula is C12H20N2O5S. The third kappa shape index (κ3) is 2.57. The molecule has 3 atom stereocenters. The third-order valence-electron chi connectivity index (χ3n) is 4.39. The number of rotatable bonds is 2. The molecule has 3 fully saturated rings. The van der Waals surface area contributed by atoms with E-state index in [1.54, 1.807) is 0 Å². The van der Waals surface area contributed by atoms with Gasteiger partial charge in [-0.05, 0) is 12.3 Å². The van der Waals surface area contributed by atoms with Gasteiger partial charge >= 0.3 is 0 Å². The maximum Gasteiger partial charge on any atom is 0.251 e. The summed E-state index contributed by atoms with van der Waals surface area (Å²) in [5, 5.41) is 1.42. The van der Waals surface area contributed by atoms with Gasteiger partial charge in [-0.1, -0.05) is 0 Å². The summed E-state index contributed by atoms with van der Waals surface area (Å²) in [4.78, 5) is 17.8. The summed E-state index contributed by atoms with van der Waals surface area (Å²) in [5.74, 6) is -0.212. The van der Waals surface area contributed by atoms with Gasteiger partial charge in [0, 0.05) is 19.0 Å². The van der Waals surface area contributed by atoms with Crippen LogP contribution < -0.4 is 0 Å². The first kappa shape index (κ1) is 14.2. The van der Waals surface area contributed by atoms with Crippen molar-refractivity contribution in [2.24, 2.45) is 17.8 Å². The van der Waals surface area contributed by atoms with E-state index in [0.717, 1.165) is 6.42 Å². The molecule has 0 aromatic heterocycles. The second-order valence-corrected chi connectivity index (χ2v) is 7.76. The lowest BCUT2D eigenvalue weighted by Crippen LogP contribution is -2.45. The van der Waals surface area contributed by atoms with Crippen molar-refractivity contribution >= 4 is 15.9 Å². The second kappa shape index (κ2) is 5.25. The number of carbonyl (C=O) groups excluding carboxylic acids is 1. The number of ether oxygens (including phenoxy) is 1. The maximum atomic E-state index is 12.5. The smallest absolute Gasteiger partial charge is 0.251 e. The fourth-order valence-corrected chi connectivity index (χ4v) is 4.19. The molecule has 20 heavy (non-hydrogen) atoms. The number of hydrogen-bond donors (Lipinski definition) is 0. The highest BCUT2D eigenvalue weighted by atomic mass is 32.2. The molecule has 7 nitrogen and oxygen atoms in total. The summed E-state index contributed by atoms with van der Waals surface area (Å²) >= 11 is 0. The van der Waals surface area contributed by atoms with Gasteiger partial charge in [-0.25, -0.2) is 17.8 Å². The van der Waals surface area contributed by atoms with Gasteiger partial charge in [0.25, 0.3) is 5.91 Å². The van der Waals surface area contributed by atoms with Gasteiger partial charge in [0.2, 0.25) is 10.0 Å². The molecule has 3 saturated heterocycles. The van der Waals surface area contributed by atoms with Crippen LogP contribution in [0.25, 0.3) is 0 Å². The van der Waals surface area contributed by atoms with Crippen molar-refractivity contribution in [2.75, 3.05) is 45.7 Å². The Hall–Kier alpha value is -0.700. The summed E-state index contributed by atoms with van der Waals surface area (Å²) in [6, 6.07) is 0. The number of hydroxylamine groups is 2. The van der Waals surface area contributed by atoms with E-state index in [1.165, 1.54) is 15.6 Å². The van der Waals surface area contributed by atoms with E-state index < -0.39 is 10.0 Å². The summed E-state index contributed by atoms with van der Waals surface area (Å²) < 4.78 is 30.3. The first-order chi connectivity index (χ1) is 9.47. The van der Waals surface area contributed by atoms with Gasteiger partial charge in [0.1, 0.15) is 0 Å². The van der Waals surface area contributed by atoms with E-state index in [0.29, 0.717) is 39.5 Å². The molecule has 0 aliphatic carbocycles. The topological polar surface area (TPSA) is 76.2 Å². The summed E-state index contributed by atoms with van der Waals surface area (Å²) in [5.41, 5.74) is 0. The molecule has 3 rings (SSSR count). The lowest BCUT2D eigenvalue weighted by atomic mass is 9.82.